The molecule has 0 N–H and O–H groups in total. The molecule has 0 fully saturated rings. The summed E-state index contributed by atoms with van der Waals surface area (Å²) in [5, 5.41) is 0.458. The van der Waals surface area contributed by atoms with Crippen LogP contribution in [-0.2, 0) is 29.2 Å². The minimum Gasteiger partial charge on any atom is -0.464 e. The maximum Gasteiger partial charge on any atom is 0.249 e. The van der Waals surface area contributed by atoms with E-state index in [2.05, 4.69) is 0 Å². The molecule has 1 heterocycles. The van der Waals surface area contributed by atoms with Gasteiger partial charge in [-0.25, -0.2) is 4.39 Å². The van der Waals surface area contributed by atoms with E-state index in [0.29, 0.717) is 23.1 Å². The number of ether oxygens (including phenoxy) is 1. The second kappa shape index (κ2) is 10.0. The summed E-state index contributed by atoms with van der Waals surface area (Å²) in [6, 6.07) is 22.4. The van der Waals surface area contributed by atoms with Crippen LogP contribution in [0.1, 0.15) is 16.7 Å². The highest BCUT2D eigenvalue weighted by atomic mass is 19.1. The lowest BCUT2D eigenvalue weighted by Gasteiger charge is -2.23. The first-order valence-electron chi connectivity index (χ1n) is 10.2. The van der Waals surface area contributed by atoms with Crippen molar-refractivity contribution in [3.05, 3.63) is 118 Å². The molecule has 0 aliphatic carbocycles. The first-order valence-corrected chi connectivity index (χ1v) is 10.2. The lowest BCUT2D eigenvalue weighted by molar-refractivity contribution is -0.137. The van der Waals surface area contributed by atoms with Crippen LogP contribution >= 0.6 is 0 Å². The summed E-state index contributed by atoms with van der Waals surface area (Å²) in [5.41, 5.74) is 2.37. The van der Waals surface area contributed by atoms with Gasteiger partial charge in [0.2, 0.25) is 5.91 Å². The summed E-state index contributed by atoms with van der Waals surface area (Å²) in [6.45, 7) is 0.419. The summed E-state index contributed by atoms with van der Waals surface area (Å²) in [7, 11) is 0. The van der Waals surface area contributed by atoms with Gasteiger partial charge in [-0.2, -0.15) is 0 Å². The zero-order valence-corrected chi connectivity index (χ0v) is 17.4. The molecule has 0 saturated heterocycles. The molecule has 5 nitrogen and oxygen atoms in total. The highest BCUT2D eigenvalue weighted by Crippen LogP contribution is 2.14. The summed E-state index contributed by atoms with van der Waals surface area (Å²) in [5.74, 6) is -0.634. The van der Waals surface area contributed by atoms with Gasteiger partial charge in [-0.1, -0.05) is 54.6 Å². The predicted molar refractivity (Wildman–Crippen MR) is 119 cm³/mol. The molecule has 0 bridgehead atoms. The van der Waals surface area contributed by atoms with Crippen molar-refractivity contribution < 1.29 is 18.3 Å². The van der Waals surface area contributed by atoms with E-state index in [9.17, 15) is 14.0 Å². The Bertz CT molecular complexity index is 1250. The lowest BCUT2D eigenvalue weighted by Crippen LogP contribution is -2.34. The summed E-state index contributed by atoms with van der Waals surface area (Å²) >= 11 is 0. The third kappa shape index (κ3) is 5.28. The maximum atomic E-state index is 13.3. The molecule has 4 rings (SSSR count). The lowest BCUT2D eigenvalue weighted by atomic mass is 10.1. The number of hydrogen-bond donors (Lipinski definition) is 0. The van der Waals surface area contributed by atoms with Gasteiger partial charge in [-0.3, -0.25) is 9.59 Å². The number of rotatable bonds is 8. The quantitative estimate of drug-likeness (QED) is 0.407. The van der Waals surface area contributed by atoms with E-state index in [4.69, 9.17) is 9.15 Å². The van der Waals surface area contributed by atoms with E-state index >= 15 is 0 Å². The molecule has 0 atom stereocenters. The van der Waals surface area contributed by atoms with Gasteiger partial charge in [0, 0.05) is 6.54 Å². The third-order valence-corrected chi connectivity index (χ3v) is 5.09. The second-order valence-corrected chi connectivity index (χ2v) is 7.44. The second-order valence-electron chi connectivity index (χ2n) is 7.44. The first-order chi connectivity index (χ1) is 15.6. The monoisotopic (exact) mass is 431 g/mol. The van der Waals surface area contributed by atoms with Crippen LogP contribution in [0.2, 0.25) is 0 Å². The molecule has 0 unspecified atom stereocenters. The number of carbonyl (C=O) groups excluding carboxylic acids is 1. The van der Waals surface area contributed by atoms with Crippen molar-refractivity contribution in [1.29, 1.82) is 0 Å². The minimum absolute atomic E-state index is 0.0536. The molecule has 1 amide bonds. The molecular weight excluding hydrogens is 409 g/mol. The number of halogens is 1. The largest absolute Gasteiger partial charge is 0.464 e. The van der Waals surface area contributed by atoms with Crippen LogP contribution in [0.3, 0.4) is 0 Å². The molecule has 4 aromatic rings. The normalized spacial score (nSPS) is 10.9. The van der Waals surface area contributed by atoms with Crippen molar-refractivity contribution in [3.63, 3.8) is 0 Å². The van der Waals surface area contributed by atoms with Crippen LogP contribution in [0.25, 0.3) is 11.0 Å². The van der Waals surface area contributed by atoms with E-state index in [0.717, 1.165) is 11.1 Å². The zero-order valence-electron chi connectivity index (χ0n) is 17.4. The predicted octanol–water partition coefficient (Wildman–Crippen LogP) is 4.68. The Balaban J connectivity index is 1.53. The minimum atomic E-state index is -0.354. The topological polar surface area (TPSA) is 59.8 Å². The Morgan fingerprint density at radius 1 is 0.875 bits per heavy atom. The maximum absolute atomic E-state index is 13.3. The van der Waals surface area contributed by atoms with Gasteiger partial charge in [0.25, 0.3) is 0 Å². The van der Waals surface area contributed by atoms with Crippen molar-refractivity contribution in [2.24, 2.45) is 0 Å². The molecule has 0 saturated carbocycles. The molecule has 0 aliphatic rings. The molecule has 1 aromatic heterocycles. The Morgan fingerprint density at radius 3 is 2.38 bits per heavy atom. The highest BCUT2D eigenvalue weighted by molar-refractivity contribution is 5.78. The number of amides is 1. The van der Waals surface area contributed by atoms with Gasteiger partial charge in [0.1, 0.15) is 18.0 Å². The Hall–Kier alpha value is -3.77. The van der Waals surface area contributed by atoms with Crippen molar-refractivity contribution in [1.82, 2.24) is 4.90 Å². The van der Waals surface area contributed by atoms with Gasteiger partial charge < -0.3 is 14.1 Å². The van der Waals surface area contributed by atoms with Crippen LogP contribution in [0.4, 0.5) is 4.39 Å². The molecule has 0 spiro atoms. The number of carbonyl (C=O) groups is 1. The first kappa shape index (κ1) is 21.5. The zero-order chi connectivity index (χ0) is 22.3. The average Bonchev–Trinajstić information content (AvgIpc) is 2.82. The Kier molecular flexibility index (Phi) is 6.72. The molecule has 0 radical (unpaired) electrons. The van der Waals surface area contributed by atoms with Crippen molar-refractivity contribution in [3.8, 4) is 0 Å². The van der Waals surface area contributed by atoms with E-state index < -0.39 is 0 Å². The SMILES string of the molecule is O=C(COCc1ccccc1)N(Cc1ccc(F)cc1)Cc1coc2ccccc2c1=O. The summed E-state index contributed by atoms with van der Waals surface area (Å²) < 4.78 is 24.5. The van der Waals surface area contributed by atoms with Crippen LogP contribution in [0, 0.1) is 5.82 Å². The fourth-order valence-electron chi connectivity index (χ4n) is 3.40. The smallest absolute Gasteiger partial charge is 0.249 e. The number of benzene rings is 3. The number of para-hydroxylation sites is 1. The number of hydrogen-bond acceptors (Lipinski definition) is 4. The van der Waals surface area contributed by atoms with E-state index in [1.807, 2.05) is 30.3 Å². The summed E-state index contributed by atoms with van der Waals surface area (Å²) in [6.07, 6.45) is 1.39. The summed E-state index contributed by atoms with van der Waals surface area (Å²) in [4.78, 5) is 27.4. The van der Waals surface area contributed by atoms with Crippen LogP contribution < -0.4 is 5.43 Å². The van der Waals surface area contributed by atoms with E-state index in [-0.39, 0.29) is 36.8 Å². The molecule has 3 aromatic carbocycles. The van der Waals surface area contributed by atoms with Gasteiger partial charge in [0.15, 0.2) is 5.43 Å². The Morgan fingerprint density at radius 2 is 1.59 bits per heavy atom. The van der Waals surface area contributed by atoms with Gasteiger partial charge in [-0.05, 0) is 35.4 Å². The van der Waals surface area contributed by atoms with Crippen molar-refractivity contribution >= 4 is 16.9 Å². The molecule has 32 heavy (non-hydrogen) atoms. The number of nitrogens with zero attached hydrogens (tertiary/aromatic N) is 1. The Labute approximate surface area is 184 Å². The number of fused-ring (bicyclic) bond motifs is 1. The van der Waals surface area contributed by atoms with Crippen LogP contribution in [-0.4, -0.2) is 17.4 Å². The fourth-order valence-corrected chi connectivity index (χ4v) is 3.40. The van der Waals surface area contributed by atoms with Gasteiger partial charge in [-0.15, -0.1) is 0 Å². The highest BCUT2D eigenvalue weighted by Gasteiger charge is 2.18. The van der Waals surface area contributed by atoms with Crippen molar-refractivity contribution in [2.45, 2.75) is 19.7 Å². The van der Waals surface area contributed by atoms with Crippen molar-refractivity contribution in [2.75, 3.05) is 6.61 Å². The molecule has 162 valence electrons. The average molecular weight is 431 g/mol. The molecular formula is C26H22FNO4. The van der Waals surface area contributed by atoms with E-state index in [1.54, 1.807) is 36.4 Å². The van der Waals surface area contributed by atoms with Gasteiger partial charge >= 0.3 is 0 Å². The van der Waals surface area contributed by atoms with Crippen LogP contribution in [0.15, 0.2) is 94.3 Å². The van der Waals surface area contributed by atoms with E-state index in [1.165, 1.54) is 23.3 Å². The standard InChI is InChI=1S/C26H22FNO4/c27-22-12-10-19(11-13-22)14-28(25(29)18-31-16-20-6-2-1-3-7-20)15-21-17-32-24-9-5-4-8-23(24)26(21)30/h1-13,17H,14-16,18H2. The van der Waals surface area contributed by atoms with Crippen LogP contribution in [0.5, 0.6) is 0 Å². The molecule has 0 aliphatic heterocycles. The fraction of sp³-hybridized carbons (Fsp3) is 0.154. The molecule has 6 heteroatoms. The third-order valence-electron chi connectivity index (χ3n) is 5.09. The van der Waals surface area contributed by atoms with Gasteiger partial charge in [0.05, 0.1) is 30.4 Å².